The topological polar surface area (TPSA) is 25.9 Å². The van der Waals surface area contributed by atoms with Crippen molar-refractivity contribution in [2.75, 3.05) is 0 Å². The zero-order chi connectivity index (χ0) is 15.5. The van der Waals surface area contributed by atoms with E-state index in [2.05, 4.69) is 35.2 Å². The summed E-state index contributed by atoms with van der Waals surface area (Å²) in [6.07, 6.45) is 2.02. The molecule has 0 saturated carbocycles. The molecule has 0 amide bonds. The molecule has 112 valence electrons. The highest BCUT2D eigenvalue weighted by Crippen LogP contribution is 2.16. The van der Waals surface area contributed by atoms with Crippen LogP contribution in [0.2, 0.25) is 0 Å². The van der Waals surface area contributed by atoms with Gasteiger partial charge in [-0.2, -0.15) is 0 Å². The molecule has 0 bridgehead atoms. The number of hydrogen-bond donors (Lipinski definition) is 0. The monoisotopic (exact) mass is 293 g/mol. The van der Waals surface area contributed by atoms with E-state index in [0.29, 0.717) is 6.54 Å². The van der Waals surface area contributed by atoms with Gasteiger partial charge in [0.2, 0.25) is 5.78 Å². The molecule has 1 heterocycles. The lowest BCUT2D eigenvalue weighted by Gasteiger charge is -2.03. The summed E-state index contributed by atoms with van der Waals surface area (Å²) in [6, 6.07) is 17.8. The van der Waals surface area contributed by atoms with Gasteiger partial charge in [0, 0.05) is 12.0 Å². The Balaban J connectivity index is 2.06. The first kappa shape index (κ1) is 14.5. The summed E-state index contributed by atoms with van der Waals surface area (Å²) in [7, 11) is 2.08. The highest BCUT2D eigenvalue weighted by atomic mass is 16.1. The molecule has 0 N–H and O–H groups in total. The molecule has 0 spiro atoms. The number of para-hydroxylation sites is 2. The van der Waals surface area contributed by atoms with E-state index in [1.54, 1.807) is 0 Å². The van der Waals surface area contributed by atoms with Crippen LogP contribution in [0.5, 0.6) is 0 Å². The third kappa shape index (κ3) is 2.54. The molecule has 0 atom stereocenters. The second-order valence-electron chi connectivity index (χ2n) is 5.59. The fraction of sp³-hybridized carbons (Fsp3) is 0.263. The van der Waals surface area contributed by atoms with Gasteiger partial charge in [0.25, 0.3) is 5.82 Å². The summed E-state index contributed by atoms with van der Waals surface area (Å²) in [5.41, 5.74) is 3.06. The number of ketones is 1. The van der Waals surface area contributed by atoms with E-state index in [1.165, 1.54) is 11.3 Å². The average Bonchev–Trinajstić information content (AvgIpc) is 2.82. The number of imidazole rings is 1. The molecule has 0 radical (unpaired) electrons. The minimum atomic E-state index is 0.152. The van der Waals surface area contributed by atoms with Crippen molar-refractivity contribution in [3.8, 4) is 0 Å². The zero-order valence-electron chi connectivity index (χ0n) is 13.1. The Labute approximate surface area is 130 Å². The second-order valence-corrected chi connectivity index (χ2v) is 5.59. The Morgan fingerprint density at radius 2 is 1.73 bits per heavy atom. The Bertz CT molecular complexity index is 803. The number of Topliss-reactive ketones (excluding diaryl/α,β-unsaturated/α-hetero) is 1. The fourth-order valence-electron chi connectivity index (χ4n) is 3.00. The van der Waals surface area contributed by atoms with E-state index in [-0.39, 0.29) is 5.78 Å². The number of carbonyl (C=O) groups is 1. The van der Waals surface area contributed by atoms with Crippen molar-refractivity contribution in [1.82, 2.24) is 4.57 Å². The van der Waals surface area contributed by atoms with Crippen LogP contribution < -0.4 is 4.57 Å². The second kappa shape index (κ2) is 6.14. The fourth-order valence-corrected chi connectivity index (χ4v) is 3.00. The van der Waals surface area contributed by atoms with E-state index in [9.17, 15) is 4.79 Å². The number of carbonyl (C=O) groups excluding carboxylic acids is 1. The van der Waals surface area contributed by atoms with E-state index in [0.717, 1.165) is 23.9 Å². The molecule has 0 aliphatic rings. The predicted molar refractivity (Wildman–Crippen MR) is 87.9 cm³/mol. The number of rotatable bonds is 5. The SMILES string of the molecule is CCCc1n(CC(=O)c2ccccc2)c2ccccc2[n+]1C. The molecule has 0 aliphatic carbocycles. The average molecular weight is 293 g/mol. The molecule has 0 aliphatic heterocycles. The Morgan fingerprint density at radius 1 is 1.05 bits per heavy atom. The summed E-state index contributed by atoms with van der Waals surface area (Å²) < 4.78 is 4.37. The van der Waals surface area contributed by atoms with E-state index < -0.39 is 0 Å². The Kier molecular flexibility index (Phi) is 4.05. The molecule has 3 aromatic rings. The summed E-state index contributed by atoms with van der Waals surface area (Å²) in [5, 5.41) is 0. The van der Waals surface area contributed by atoms with Crippen LogP contribution in [-0.2, 0) is 20.0 Å². The van der Waals surface area contributed by atoms with Crippen LogP contribution in [0.4, 0.5) is 0 Å². The van der Waals surface area contributed by atoms with E-state index >= 15 is 0 Å². The first-order valence-electron chi connectivity index (χ1n) is 7.76. The maximum atomic E-state index is 12.6. The van der Waals surface area contributed by atoms with Gasteiger partial charge in [-0.1, -0.05) is 49.4 Å². The van der Waals surface area contributed by atoms with Gasteiger partial charge in [-0.05, 0) is 18.6 Å². The maximum absolute atomic E-state index is 12.6. The molecule has 0 unspecified atom stereocenters. The van der Waals surface area contributed by atoms with Gasteiger partial charge in [0.1, 0.15) is 0 Å². The molecule has 0 saturated heterocycles. The van der Waals surface area contributed by atoms with Gasteiger partial charge in [0.15, 0.2) is 17.6 Å². The van der Waals surface area contributed by atoms with Gasteiger partial charge in [0.05, 0.1) is 7.05 Å². The molecular formula is C19H21N2O+. The van der Waals surface area contributed by atoms with Gasteiger partial charge in [-0.3, -0.25) is 4.79 Å². The van der Waals surface area contributed by atoms with Gasteiger partial charge in [-0.15, -0.1) is 0 Å². The summed E-state index contributed by atoms with van der Waals surface area (Å²) in [5.74, 6) is 1.35. The van der Waals surface area contributed by atoms with Crippen molar-refractivity contribution in [2.24, 2.45) is 7.05 Å². The Hall–Kier alpha value is -2.42. The van der Waals surface area contributed by atoms with Crippen LogP contribution in [0, 0.1) is 0 Å². The molecule has 22 heavy (non-hydrogen) atoms. The number of hydrogen-bond acceptors (Lipinski definition) is 1. The molecule has 2 aromatic carbocycles. The maximum Gasteiger partial charge on any atom is 0.257 e. The molecule has 3 rings (SSSR count). The minimum absolute atomic E-state index is 0.152. The predicted octanol–water partition coefficient (Wildman–Crippen LogP) is 3.30. The quantitative estimate of drug-likeness (QED) is 0.523. The highest BCUT2D eigenvalue weighted by Gasteiger charge is 2.23. The van der Waals surface area contributed by atoms with Crippen LogP contribution in [0.1, 0.15) is 29.5 Å². The first-order valence-corrected chi connectivity index (χ1v) is 7.76. The largest absolute Gasteiger partial charge is 0.290 e. The number of nitrogens with zero attached hydrogens (tertiary/aromatic N) is 2. The summed E-state index contributed by atoms with van der Waals surface area (Å²) >= 11 is 0. The number of aromatic nitrogens is 2. The van der Waals surface area contributed by atoms with Crippen molar-refractivity contribution in [1.29, 1.82) is 0 Å². The molecule has 3 nitrogen and oxygen atoms in total. The molecule has 1 aromatic heterocycles. The standard InChI is InChI=1S/C19H21N2O/c1-3-9-19-20(2)16-12-7-8-13-17(16)21(19)14-18(22)15-10-5-4-6-11-15/h4-8,10-13H,3,9,14H2,1-2H3/q+1. The zero-order valence-corrected chi connectivity index (χ0v) is 13.1. The lowest BCUT2D eigenvalue weighted by Crippen LogP contribution is -2.33. The van der Waals surface area contributed by atoms with E-state index in [1.807, 2.05) is 42.5 Å². The van der Waals surface area contributed by atoms with Crippen molar-refractivity contribution in [3.05, 3.63) is 66.0 Å². The van der Waals surface area contributed by atoms with Crippen molar-refractivity contribution < 1.29 is 9.36 Å². The van der Waals surface area contributed by atoms with Gasteiger partial charge >= 0.3 is 0 Å². The molecular weight excluding hydrogens is 272 g/mol. The van der Waals surface area contributed by atoms with Crippen molar-refractivity contribution >= 4 is 16.8 Å². The van der Waals surface area contributed by atoms with Gasteiger partial charge < -0.3 is 0 Å². The number of benzene rings is 2. The van der Waals surface area contributed by atoms with Gasteiger partial charge in [-0.25, -0.2) is 9.13 Å². The van der Waals surface area contributed by atoms with Crippen LogP contribution >= 0.6 is 0 Å². The van der Waals surface area contributed by atoms with Crippen LogP contribution in [0.3, 0.4) is 0 Å². The minimum Gasteiger partial charge on any atom is -0.290 e. The smallest absolute Gasteiger partial charge is 0.257 e. The lowest BCUT2D eigenvalue weighted by atomic mass is 10.1. The third-order valence-corrected chi connectivity index (χ3v) is 4.10. The summed E-state index contributed by atoms with van der Waals surface area (Å²) in [4.78, 5) is 12.6. The third-order valence-electron chi connectivity index (χ3n) is 4.10. The van der Waals surface area contributed by atoms with Crippen molar-refractivity contribution in [3.63, 3.8) is 0 Å². The van der Waals surface area contributed by atoms with E-state index in [4.69, 9.17) is 0 Å². The first-order chi connectivity index (χ1) is 10.7. The Morgan fingerprint density at radius 3 is 2.45 bits per heavy atom. The van der Waals surface area contributed by atoms with Crippen LogP contribution in [0.15, 0.2) is 54.6 Å². The summed E-state index contributed by atoms with van der Waals surface area (Å²) in [6.45, 7) is 2.56. The van der Waals surface area contributed by atoms with Crippen molar-refractivity contribution in [2.45, 2.75) is 26.3 Å². The number of fused-ring (bicyclic) bond motifs is 1. The lowest BCUT2D eigenvalue weighted by molar-refractivity contribution is -0.654. The highest BCUT2D eigenvalue weighted by molar-refractivity contribution is 5.96. The van der Waals surface area contributed by atoms with Crippen LogP contribution in [0.25, 0.3) is 11.0 Å². The van der Waals surface area contributed by atoms with Crippen LogP contribution in [-0.4, -0.2) is 10.4 Å². The molecule has 0 fully saturated rings. The molecule has 3 heteroatoms. The normalized spacial score (nSPS) is 11.0. The number of aryl methyl sites for hydroxylation is 1.